The van der Waals surface area contributed by atoms with Crippen LogP contribution in [-0.4, -0.2) is 55.9 Å². The van der Waals surface area contributed by atoms with Crippen molar-refractivity contribution in [3.63, 3.8) is 0 Å². The number of nitrogens with zero attached hydrogens (tertiary/aromatic N) is 2. The first kappa shape index (κ1) is 15.9. The van der Waals surface area contributed by atoms with Gasteiger partial charge in [0.25, 0.3) is 0 Å². The first-order valence-corrected chi connectivity index (χ1v) is 6.94. The van der Waals surface area contributed by atoms with Crippen molar-refractivity contribution in [1.29, 1.82) is 0 Å². The van der Waals surface area contributed by atoms with Crippen molar-refractivity contribution in [2.24, 2.45) is 5.92 Å². The molecule has 3 heteroatoms. The number of benzene rings is 1. The lowest BCUT2D eigenvalue weighted by Gasteiger charge is -2.25. The summed E-state index contributed by atoms with van der Waals surface area (Å²) in [6.45, 7) is 7.77. The smallest absolute Gasteiger partial charge is 0.176 e. The van der Waals surface area contributed by atoms with Crippen molar-refractivity contribution in [3.05, 3.63) is 35.9 Å². The van der Waals surface area contributed by atoms with Crippen molar-refractivity contribution >= 4 is 5.78 Å². The molecule has 0 spiro atoms. The number of hydrogen-bond donors (Lipinski definition) is 0. The average molecular weight is 262 g/mol. The molecule has 0 aliphatic heterocycles. The molecule has 1 aromatic carbocycles. The fraction of sp³-hybridized carbons (Fsp3) is 0.562. The van der Waals surface area contributed by atoms with Crippen molar-refractivity contribution < 1.29 is 4.79 Å². The minimum absolute atomic E-state index is 0.208. The lowest BCUT2D eigenvalue weighted by Crippen LogP contribution is -2.37. The average Bonchev–Trinajstić information content (AvgIpc) is 2.36. The zero-order valence-corrected chi connectivity index (χ0v) is 12.6. The summed E-state index contributed by atoms with van der Waals surface area (Å²) >= 11 is 0. The Morgan fingerprint density at radius 1 is 1.11 bits per heavy atom. The summed E-state index contributed by atoms with van der Waals surface area (Å²) in [6.07, 6.45) is 0. The monoisotopic (exact) mass is 262 g/mol. The van der Waals surface area contributed by atoms with Crippen LogP contribution in [0.1, 0.15) is 24.2 Å². The minimum atomic E-state index is 0.208. The normalized spacial score (nSPS) is 11.5. The Labute approximate surface area is 117 Å². The predicted molar refractivity (Wildman–Crippen MR) is 80.6 cm³/mol. The maximum absolute atomic E-state index is 12.2. The van der Waals surface area contributed by atoms with Crippen molar-refractivity contribution in [3.8, 4) is 0 Å². The maximum atomic E-state index is 12.2. The second kappa shape index (κ2) is 8.08. The topological polar surface area (TPSA) is 23.6 Å². The van der Waals surface area contributed by atoms with E-state index in [-0.39, 0.29) is 5.78 Å². The maximum Gasteiger partial charge on any atom is 0.176 e. The summed E-state index contributed by atoms with van der Waals surface area (Å²) in [5.41, 5.74) is 0.807. The van der Waals surface area contributed by atoms with E-state index in [1.165, 1.54) is 0 Å². The van der Waals surface area contributed by atoms with Gasteiger partial charge in [0, 0.05) is 25.2 Å². The third kappa shape index (κ3) is 6.50. The van der Waals surface area contributed by atoms with Gasteiger partial charge in [-0.2, -0.15) is 0 Å². The van der Waals surface area contributed by atoms with Crippen LogP contribution in [0.5, 0.6) is 0 Å². The first-order valence-electron chi connectivity index (χ1n) is 6.94. The minimum Gasteiger partial charge on any atom is -0.308 e. The molecular weight excluding hydrogens is 236 g/mol. The highest BCUT2D eigenvalue weighted by atomic mass is 16.1. The largest absolute Gasteiger partial charge is 0.308 e. The lowest BCUT2D eigenvalue weighted by atomic mass is 10.1. The van der Waals surface area contributed by atoms with Gasteiger partial charge in [-0.25, -0.2) is 0 Å². The molecule has 0 unspecified atom stereocenters. The fourth-order valence-electron chi connectivity index (χ4n) is 2.01. The SMILES string of the molecule is CC(C)CN(CCN(C)C)CC(=O)c1ccccc1. The van der Waals surface area contributed by atoms with Crippen LogP contribution in [0.25, 0.3) is 0 Å². The number of ketones is 1. The van der Waals surface area contributed by atoms with Crippen LogP contribution in [0.2, 0.25) is 0 Å². The van der Waals surface area contributed by atoms with Gasteiger partial charge in [-0.05, 0) is 20.0 Å². The molecule has 0 saturated carbocycles. The summed E-state index contributed by atoms with van der Waals surface area (Å²) in [7, 11) is 4.12. The summed E-state index contributed by atoms with van der Waals surface area (Å²) in [4.78, 5) is 16.6. The number of carbonyl (C=O) groups excluding carboxylic acids is 1. The van der Waals surface area contributed by atoms with Gasteiger partial charge in [0.1, 0.15) is 0 Å². The molecule has 3 nitrogen and oxygen atoms in total. The van der Waals surface area contributed by atoms with E-state index in [1.54, 1.807) is 0 Å². The molecule has 0 radical (unpaired) electrons. The highest BCUT2D eigenvalue weighted by Gasteiger charge is 2.13. The molecule has 1 aromatic rings. The van der Waals surface area contributed by atoms with Crippen molar-refractivity contribution in [2.75, 3.05) is 40.3 Å². The molecule has 0 N–H and O–H groups in total. The second-order valence-corrected chi connectivity index (χ2v) is 5.72. The number of carbonyl (C=O) groups is 1. The van der Waals surface area contributed by atoms with E-state index in [9.17, 15) is 4.79 Å². The van der Waals surface area contributed by atoms with Crippen molar-refractivity contribution in [1.82, 2.24) is 9.80 Å². The molecule has 0 aromatic heterocycles. The molecule has 0 fully saturated rings. The van der Waals surface area contributed by atoms with Crippen molar-refractivity contribution in [2.45, 2.75) is 13.8 Å². The Hall–Kier alpha value is -1.19. The van der Waals surface area contributed by atoms with Gasteiger partial charge in [0.15, 0.2) is 5.78 Å². The van der Waals surface area contributed by atoms with Gasteiger partial charge in [-0.15, -0.1) is 0 Å². The molecule has 0 aliphatic carbocycles. The summed E-state index contributed by atoms with van der Waals surface area (Å²) in [5.74, 6) is 0.783. The van der Waals surface area contributed by atoms with E-state index in [0.29, 0.717) is 12.5 Å². The van der Waals surface area contributed by atoms with Crippen LogP contribution in [0, 0.1) is 5.92 Å². The van der Waals surface area contributed by atoms with Gasteiger partial charge in [-0.3, -0.25) is 9.69 Å². The third-order valence-corrected chi connectivity index (χ3v) is 2.95. The first-order chi connectivity index (χ1) is 8.99. The molecule has 1 rings (SSSR count). The number of likely N-dealkylation sites (N-methyl/N-ethyl adjacent to an activating group) is 1. The van der Waals surface area contributed by atoms with E-state index in [0.717, 1.165) is 25.2 Å². The van der Waals surface area contributed by atoms with Crippen LogP contribution in [0.4, 0.5) is 0 Å². The van der Waals surface area contributed by atoms with Gasteiger partial charge in [-0.1, -0.05) is 44.2 Å². The molecule has 106 valence electrons. The van der Waals surface area contributed by atoms with E-state index in [4.69, 9.17) is 0 Å². The molecule has 0 heterocycles. The van der Waals surface area contributed by atoms with Gasteiger partial charge in [0.2, 0.25) is 0 Å². The van der Waals surface area contributed by atoms with Crippen LogP contribution in [0.15, 0.2) is 30.3 Å². The lowest BCUT2D eigenvalue weighted by molar-refractivity contribution is 0.0916. The summed E-state index contributed by atoms with van der Waals surface area (Å²) in [5, 5.41) is 0. The van der Waals surface area contributed by atoms with Crippen LogP contribution >= 0.6 is 0 Å². The van der Waals surface area contributed by atoms with Crippen LogP contribution < -0.4 is 0 Å². The van der Waals surface area contributed by atoms with E-state index in [2.05, 4.69) is 37.7 Å². The number of hydrogen-bond acceptors (Lipinski definition) is 3. The number of rotatable bonds is 8. The molecule has 0 saturated heterocycles. The molecule has 19 heavy (non-hydrogen) atoms. The molecule has 0 atom stereocenters. The van der Waals surface area contributed by atoms with Gasteiger partial charge in [0.05, 0.1) is 6.54 Å². The molecule has 0 bridgehead atoms. The summed E-state index contributed by atoms with van der Waals surface area (Å²) in [6, 6.07) is 9.55. The van der Waals surface area contributed by atoms with Crippen LogP contribution in [0.3, 0.4) is 0 Å². The Kier molecular flexibility index (Phi) is 6.74. The Bertz CT molecular complexity index is 374. The quantitative estimate of drug-likeness (QED) is 0.672. The Morgan fingerprint density at radius 3 is 2.26 bits per heavy atom. The third-order valence-electron chi connectivity index (χ3n) is 2.95. The van der Waals surface area contributed by atoms with Crippen LogP contribution in [-0.2, 0) is 0 Å². The molecule has 0 amide bonds. The molecule has 0 aliphatic rings. The van der Waals surface area contributed by atoms with Gasteiger partial charge < -0.3 is 4.90 Å². The summed E-state index contributed by atoms with van der Waals surface area (Å²) < 4.78 is 0. The van der Waals surface area contributed by atoms with E-state index in [1.807, 2.05) is 30.3 Å². The van der Waals surface area contributed by atoms with Gasteiger partial charge >= 0.3 is 0 Å². The standard InChI is InChI=1S/C16H26N2O/c1-14(2)12-18(11-10-17(3)4)13-16(19)15-8-6-5-7-9-15/h5-9,14H,10-13H2,1-4H3. The highest BCUT2D eigenvalue weighted by molar-refractivity contribution is 5.97. The zero-order chi connectivity index (χ0) is 14.3. The predicted octanol–water partition coefficient (Wildman–Crippen LogP) is 2.39. The highest BCUT2D eigenvalue weighted by Crippen LogP contribution is 2.04. The second-order valence-electron chi connectivity index (χ2n) is 5.72. The Morgan fingerprint density at radius 2 is 1.74 bits per heavy atom. The zero-order valence-electron chi connectivity index (χ0n) is 12.6. The number of Topliss-reactive ketones (excluding diaryl/α,β-unsaturated/α-hetero) is 1. The van der Waals surface area contributed by atoms with E-state index < -0.39 is 0 Å². The molecular formula is C16H26N2O. The van der Waals surface area contributed by atoms with E-state index >= 15 is 0 Å². The Balaban J connectivity index is 2.58. The fourth-order valence-corrected chi connectivity index (χ4v) is 2.01.